The maximum atomic E-state index is 14.9. The second kappa shape index (κ2) is 10.8. The molecule has 0 amide bonds. The average molecular weight is 435 g/mol. The molecule has 0 heterocycles. The normalized spacial score (nSPS) is 18.7. The highest BCUT2D eigenvalue weighted by molar-refractivity contribution is 5.66. The fourth-order valence-electron chi connectivity index (χ4n) is 4.53. The third-order valence-corrected chi connectivity index (χ3v) is 6.31. The van der Waals surface area contributed by atoms with Crippen molar-refractivity contribution < 1.29 is 22.3 Å². The molecule has 1 saturated carbocycles. The number of hydrogen-bond donors (Lipinski definition) is 0. The quantitative estimate of drug-likeness (QED) is 0.219. The Labute approximate surface area is 182 Å². The Bertz CT molecular complexity index is 901. The molecule has 0 N–H and O–H groups in total. The first-order valence-electron chi connectivity index (χ1n) is 11.2. The van der Waals surface area contributed by atoms with Gasteiger partial charge in [-0.2, -0.15) is 4.39 Å². The van der Waals surface area contributed by atoms with Crippen molar-refractivity contribution in [1.82, 2.24) is 0 Å². The van der Waals surface area contributed by atoms with Crippen LogP contribution in [0.3, 0.4) is 0 Å². The maximum Gasteiger partial charge on any atom is 0.201 e. The maximum absolute atomic E-state index is 14.9. The van der Waals surface area contributed by atoms with E-state index >= 15 is 0 Å². The summed E-state index contributed by atoms with van der Waals surface area (Å²) in [5.74, 6) is -4.27. The highest BCUT2D eigenvalue weighted by Gasteiger charge is 2.27. The Morgan fingerprint density at radius 1 is 0.871 bits per heavy atom. The Balaban J connectivity index is 1.77. The smallest absolute Gasteiger partial charge is 0.201 e. The molecule has 168 valence electrons. The van der Waals surface area contributed by atoms with Gasteiger partial charge in [-0.05, 0) is 55.2 Å². The predicted octanol–water partition coefficient (Wildman–Crippen LogP) is 8.33. The van der Waals surface area contributed by atoms with Gasteiger partial charge in [0.1, 0.15) is 6.61 Å². The summed E-state index contributed by atoms with van der Waals surface area (Å²) in [5, 5.41) is 0. The van der Waals surface area contributed by atoms with E-state index in [2.05, 4.69) is 13.5 Å². The molecule has 0 atom stereocenters. The number of ether oxygens (including phenoxy) is 1. The molecule has 1 aliphatic rings. The van der Waals surface area contributed by atoms with Crippen molar-refractivity contribution in [3.8, 4) is 16.9 Å². The lowest BCUT2D eigenvalue weighted by Crippen LogP contribution is -2.15. The highest BCUT2D eigenvalue weighted by atomic mass is 19.2. The molecule has 0 radical (unpaired) electrons. The van der Waals surface area contributed by atoms with Crippen molar-refractivity contribution in [2.24, 2.45) is 5.92 Å². The third-order valence-electron chi connectivity index (χ3n) is 6.31. The minimum atomic E-state index is -1.26. The van der Waals surface area contributed by atoms with Crippen LogP contribution in [0.15, 0.2) is 36.9 Å². The molecule has 2 aromatic rings. The van der Waals surface area contributed by atoms with Gasteiger partial charge in [0.25, 0.3) is 0 Å². The first kappa shape index (κ1) is 23.4. The van der Waals surface area contributed by atoms with Crippen LogP contribution in [0.4, 0.5) is 17.6 Å². The van der Waals surface area contributed by atoms with Crippen molar-refractivity contribution in [1.29, 1.82) is 0 Å². The van der Waals surface area contributed by atoms with E-state index < -0.39 is 23.3 Å². The van der Waals surface area contributed by atoms with Gasteiger partial charge in [-0.25, -0.2) is 13.2 Å². The van der Waals surface area contributed by atoms with Gasteiger partial charge in [-0.15, -0.1) is 0 Å². The first-order valence-corrected chi connectivity index (χ1v) is 11.2. The van der Waals surface area contributed by atoms with Crippen molar-refractivity contribution in [3.63, 3.8) is 0 Å². The molecule has 0 aliphatic heterocycles. The van der Waals surface area contributed by atoms with Crippen LogP contribution in [-0.4, -0.2) is 6.61 Å². The highest BCUT2D eigenvalue weighted by Crippen LogP contribution is 2.41. The van der Waals surface area contributed by atoms with Crippen LogP contribution in [0, 0.1) is 29.2 Å². The van der Waals surface area contributed by atoms with Gasteiger partial charge in [-0.3, -0.25) is 0 Å². The fourth-order valence-corrected chi connectivity index (χ4v) is 4.53. The minimum Gasteiger partial charge on any atom is -0.486 e. The molecule has 0 bridgehead atoms. The fraction of sp³-hybridized carbons (Fsp3) is 0.462. The summed E-state index contributed by atoms with van der Waals surface area (Å²) < 4.78 is 63.7. The van der Waals surface area contributed by atoms with Crippen LogP contribution < -0.4 is 4.74 Å². The second-order valence-electron chi connectivity index (χ2n) is 8.38. The van der Waals surface area contributed by atoms with Gasteiger partial charge in [0, 0.05) is 11.1 Å². The monoisotopic (exact) mass is 434 g/mol. The zero-order valence-corrected chi connectivity index (χ0v) is 18.0. The number of benzene rings is 2. The van der Waals surface area contributed by atoms with E-state index in [1.54, 1.807) is 0 Å². The summed E-state index contributed by atoms with van der Waals surface area (Å²) >= 11 is 0. The number of unbranched alkanes of at least 4 members (excludes halogenated alkanes) is 2. The molecule has 1 nitrogen and oxygen atoms in total. The number of halogens is 4. The van der Waals surface area contributed by atoms with Gasteiger partial charge in [0.15, 0.2) is 23.2 Å². The van der Waals surface area contributed by atoms with E-state index in [0.717, 1.165) is 25.7 Å². The van der Waals surface area contributed by atoms with Crippen LogP contribution in [0.25, 0.3) is 11.1 Å². The molecular formula is C26H30F4O. The van der Waals surface area contributed by atoms with Crippen LogP contribution >= 0.6 is 0 Å². The SMILES string of the molecule is C=CCOc1ccc(-c2ccc(C3CCC(CCCCC)CC3)c(F)c2F)c(F)c1F. The average Bonchev–Trinajstić information content (AvgIpc) is 2.78. The van der Waals surface area contributed by atoms with Gasteiger partial charge in [0.2, 0.25) is 5.82 Å². The molecule has 1 fully saturated rings. The van der Waals surface area contributed by atoms with E-state index in [4.69, 9.17) is 4.74 Å². The molecule has 1 aliphatic carbocycles. The second-order valence-corrected chi connectivity index (χ2v) is 8.38. The first-order chi connectivity index (χ1) is 15.0. The molecule has 0 aromatic heterocycles. The molecule has 5 heteroatoms. The van der Waals surface area contributed by atoms with Gasteiger partial charge >= 0.3 is 0 Å². The van der Waals surface area contributed by atoms with E-state index in [1.807, 2.05) is 0 Å². The van der Waals surface area contributed by atoms with Crippen molar-refractivity contribution in [2.45, 2.75) is 64.2 Å². The Morgan fingerprint density at radius 3 is 2.16 bits per heavy atom. The lowest BCUT2D eigenvalue weighted by molar-refractivity contribution is 0.298. The summed E-state index contributed by atoms with van der Waals surface area (Å²) in [6, 6.07) is 5.29. The molecule has 31 heavy (non-hydrogen) atoms. The van der Waals surface area contributed by atoms with E-state index in [-0.39, 0.29) is 29.4 Å². The molecule has 0 spiro atoms. The van der Waals surface area contributed by atoms with Gasteiger partial charge in [-0.1, -0.05) is 57.4 Å². The van der Waals surface area contributed by atoms with Crippen LogP contribution in [0.2, 0.25) is 0 Å². The van der Waals surface area contributed by atoms with E-state index in [9.17, 15) is 17.6 Å². The largest absolute Gasteiger partial charge is 0.486 e. The molecule has 0 unspecified atom stereocenters. The van der Waals surface area contributed by atoms with Crippen molar-refractivity contribution in [3.05, 3.63) is 65.8 Å². The predicted molar refractivity (Wildman–Crippen MR) is 116 cm³/mol. The molecular weight excluding hydrogens is 404 g/mol. The van der Waals surface area contributed by atoms with Crippen LogP contribution in [0.5, 0.6) is 5.75 Å². The Hall–Kier alpha value is -2.30. The number of rotatable bonds is 9. The van der Waals surface area contributed by atoms with E-state index in [0.29, 0.717) is 11.5 Å². The lowest BCUT2D eigenvalue weighted by atomic mass is 9.76. The third kappa shape index (κ3) is 5.31. The molecule has 0 saturated heterocycles. The number of hydrogen-bond acceptors (Lipinski definition) is 1. The van der Waals surface area contributed by atoms with Crippen LogP contribution in [0.1, 0.15) is 69.8 Å². The summed E-state index contributed by atoms with van der Waals surface area (Å²) in [5.41, 5.74) is -0.285. The zero-order chi connectivity index (χ0) is 22.4. The Kier molecular flexibility index (Phi) is 8.16. The topological polar surface area (TPSA) is 9.23 Å². The van der Waals surface area contributed by atoms with Gasteiger partial charge < -0.3 is 4.74 Å². The Morgan fingerprint density at radius 2 is 1.52 bits per heavy atom. The molecule has 3 rings (SSSR count). The van der Waals surface area contributed by atoms with Gasteiger partial charge in [0.05, 0.1) is 0 Å². The molecule has 2 aromatic carbocycles. The summed E-state index contributed by atoms with van der Waals surface area (Å²) in [7, 11) is 0. The minimum absolute atomic E-state index is 0.00818. The zero-order valence-electron chi connectivity index (χ0n) is 18.0. The van der Waals surface area contributed by atoms with Crippen LogP contribution in [-0.2, 0) is 0 Å². The van der Waals surface area contributed by atoms with Crippen molar-refractivity contribution >= 4 is 0 Å². The summed E-state index contributed by atoms with van der Waals surface area (Å²) in [4.78, 5) is 0. The van der Waals surface area contributed by atoms with E-state index in [1.165, 1.54) is 56.0 Å². The van der Waals surface area contributed by atoms with Crippen molar-refractivity contribution in [2.75, 3.05) is 6.61 Å². The standard InChI is InChI=1S/C26H30F4O/c1-3-5-6-7-17-8-10-18(11-9-17)19-12-13-20(24(28)23(19)27)21-14-15-22(31-16-4-2)26(30)25(21)29/h4,12-15,17-18H,2-3,5-11,16H2,1H3. The summed E-state index contributed by atoms with van der Waals surface area (Å²) in [6.07, 6.45) is 9.94. The summed E-state index contributed by atoms with van der Waals surface area (Å²) in [6.45, 7) is 5.64. The lowest BCUT2D eigenvalue weighted by Gasteiger charge is -2.29.